The van der Waals surface area contributed by atoms with Crippen LogP contribution in [0, 0.1) is 0 Å². The van der Waals surface area contributed by atoms with Gasteiger partial charge in [-0.25, -0.2) is 13.1 Å². The van der Waals surface area contributed by atoms with Crippen molar-refractivity contribution in [2.75, 3.05) is 13.1 Å². The van der Waals surface area contributed by atoms with Gasteiger partial charge in [0.2, 0.25) is 10.0 Å². The van der Waals surface area contributed by atoms with E-state index in [4.69, 9.17) is 0 Å². The minimum absolute atomic E-state index is 0.329. The summed E-state index contributed by atoms with van der Waals surface area (Å²) in [6.07, 6.45) is 2.17. The lowest BCUT2D eigenvalue weighted by atomic mass is 9.91. The summed E-state index contributed by atoms with van der Waals surface area (Å²) in [6, 6.07) is 7.64. The molecule has 1 rings (SSSR count). The van der Waals surface area contributed by atoms with Gasteiger partial charge in [0.15, 0.2) is 0 Å². The average molecular weight is 312 g/mol. The maximum absolute atomic E-state index is 11.9. The highest BCUT2D eigenvalue weighted by Crippen LogP contribution is 2.22. The number of sulfonamides is 1. The van der Waals surface area contributed by atoms with E-state index in [0.29, 0.717) is 23.4 Å². The molecular weight excluding hydrogens is 284 g/mol. The van der Waals surface area contributed by atoms with Gasteiger partial charge in [-0.15, -0.1) is 0 Å². The molecule has 2 unspecified atom stereocenters. The van der Waals surface area contributed by atoms with Gasteiger partial charge in [0, 0.05) is 12.6 Å². The molecule has 2 N–H and O–H groups in total. The van der Waals surface area contributed by atoms with Crippen molar-refractivity contribution in [2.24, 2.45) is 0 Å². The Hall–Kier alpha value is -0.910. The second kappa shape index (κ2) is 8.51. The van der Waals surface area contributed by atoms with Crippen LogP contribution in [0.2, 0.25) is 0 Å². The van der Waals surface area contributed by atoms with Gasteiger partial charge in [0.25, 0.3) is 0 Å². The van der Waals surface area contributed by atoms with Gasteiger partial charge < -0.3 is 5.32 Å². The standard InChI is InChI=1S/C16H28N2O2S/c1-5-12-17-16(6-2)13(4)14-8-10-15(11-9-14)21(19,20)18-7-3/h8-11,13,16-18H,5-7,12H2,1-4H3. The van der Waals surface area contributed by atoms with E-state index in [1.54, 1.807) is 19.1 Å². The quantitative estimate of drug-likeness (QED) is 0.737. The topological polar surface area (TPSA) is 58.2 Å². The Bertz CT molecular complexity index is 512. The van der Waals surface area contributed by atoms with Gasteiger partial charge in [-0.2, -0.15) is 0 Å². The molecule has 0 amide bonds. The highest BCUT2D eigenvalue weighted by molar-refractivity contribution is 7.89. The molecule has 4 nitrogen and oxygen atoms in total. The second-order valence-corrected chi connectivity index (χ2v) is 7.09. The number of benzene rings is 1. The van der Waals surface area contributed by atoms with Crippen molar-refractivity contribution in [1.82, 2.24) is 10.0 Å². The highest BCUT2D eigenvalue weighted by atomic mass is 32.2. The van der Waals surface area contributed by atoms with Crippen LogP contribution in [-0.4, -0.2) is 27.5 Å². The maximum atomic E-state index is 11.9. The second-order valence-electron chi connectivity index (χ2n) is 5.33. The van der Waals surface area contributed by atoms with Crippen LogP contribution >= 0.6 is 0 Å². The first-order chi connectivity index (χ1) is 9.96. The molecule has 2 atom stereocenters. The van der Waals surface area contributed by atoms with E-state index in [1.807, 2.05) is 12.1 Å². The van der Waals surface area contributed by atoms with Crippen LogP contribution in [0.4, 0.5) is 0 Å². The molecule has 21 heavy (non-hydrogen) atoms. The Balaban J connectivity index is 2.86. The van der Waals surface area contributed by atoms with Gasteiger partial charge in [0.05, 0.1) is 4.90 Å². The summed E-state index contributed by atoms with van der Waals surface area (Å²) in [7, 11) is -3.36. The Kier molecular flexibility index (Phi) is 7.35. The van der Waals surface area contributed by atoms with Crippen LogP contribution in [-0.2, 0) is 10.0 Å². The smallest absolute Gasteiger partial charge is 0.240 e. The van der Waals surface area contributed by atoms with Crippen molar-refractivity contribution in [3.8, 4) is 0 Å². The van der Waals surface area contributed by atoms with Crippen LogP contribution in [0.3, 0.4) is 0 Å². The van der Waals surface area contributed by atoms with Gasteiger partial charge in [-0.1, -0.05) is 39.8 Å². The summed E-state index contributed by atoms with van der Waals surface area (Å²) in [6.45, 7) is 9.71. The fourth-order valence-electron chi connectivity index (χ4n) is 2.46. The minimum atomic E-state index is -3.36. The Labute approximate surface area is 129 Å². The Morgan fingerprint density at radius 3 is 2.19 bits per heavy atom. The molecule has 0 aliphatic rings. The minimum Gasteiger partial charge on any atom is -0.313 e. The zero-order valence-corrected chi connectivity index (χ0v) is 14.3. The summed E-state index contributed by atoms with van der Waals surface area (Å²) in [5.74, 6) is 0.359. The molecule has 0 saturated heterocycles. The summed E-state index contributed by atoms with van der Waals surface area (Å²) >= 11 is 0. The summed E-state index contributed by atoms with van der Waals surface area (Å²) in [5, 5.41) is 3.55. The van der Waals surface area contributed by atoms with Crippen LogP contribution in [0.5, 0.6) is 0 Å². The van der Waals surface area contributed by atoms with E-state index in [9.17, 15) is 8.42 Å². The first-order valence-corrected chi connectivity index (χ1v) is 9.27. The predicted molar refractivity (Wildman–Crippen MR) is 88.1 cm³/mol. The Morgan fingerprint density at radius 1 is 1.10 bits per heavy atom. The molecule has 5 heteroatoms. The van der Waals surface area contributed by atoms with E-state index < -0.39 is 10.0 Å². The zero-order chi connectivity index (χ0) is 15.9. The van der Waals surface area contributed by atoms with Crippen LogP contribution < -0.4 is 10.0 Å². The normalized spacial score (nSPS) is 14.9. The number of rotatable bonds is 9. The SMILES string of the molecule is CCCNC(CC)C(C)c1ccc(S(=O)(=O)NCC)cc1. The van der Waals surface area contributed by atoms with Crippen molar-refractivity contribution in [2.45, 2.75) is 57.4 Å². The molecule has 0 heterocycles. The first-order valence-electron chi connectivity index (χ1n) is 7.79. The molecular formula is C16H28N2O2S. The van der Waals surface area contributed by atoms with E-state index in [2.05, 4.69) is 30.8 Å². The lowest BCUT2D eigenvalue weighted by molar-refractivity contribution is 0.438. The van der Waals surface area contributed by atoms with Crippen molar-refractivity contribution >= 4 is 10.0 Å². The average Bonchev–Trinajstić information content (AvgIpc) is 2.48. The molecule has 0 fully saturated rings. The summed E-state index contributed by atoms with van der Waals surface area (Å²) in [4.78, 5) is 0.329. The zero-order valence-electron chi connectivity index (χ0n) is 13.5. The molecule has 120 valence electrons. The fourth-order valence-corrected chi connectivity index (χ4v) is 3.50. The van der Waals surface area contributed by atoms with E-state index >= 15 is 0 Å². The van der Waals surface area contributed by atoms with Crippen molar-refractivity contribution in [3.05, 3.63) is 29.8 Å². The Morgan fingerprint density at radius 2 is 1.71 bits per heavy atom. The fraction of sp³-hybridized carbons (Fsp3) is 0.625. The first kappa shape index (κ1) is 18.1. The molecule has 0 bridgehead atoms. The summed E-state index contributed by atoms with van der Waals surface area (Å²) in [5.41, 5.74) is 1.17. The van der Waals surface area contributed by atoms with Crippen LogP contribution in [0.15, 0.2) is 29.2 Å². The number of hydrogen-bond acceptors (Lipinski definition) is 3. The van der Waals surface area contributed by atoms with Crippen molar-refractivity contribution < 1.29 is 8.42 Å². The molecule has 0 spiro atoms. The van der Waals surface area contributed by atoms with Gasteiger partial charge >= 0.3 is 0 Å². The van der Waals surface area contributed by atoms with Gasteiger partial charge in [-0.3, -0.25) is 0 Å². The number of nitrogens with one attached hydrogen (secondary N) is 2. The summed E-state index contributed by atoms with van der Waals surface area (Å²) < 4.78 is 26.4. The third-order valence-electron chi connectivity index (χ3n) is 3.75. The lowest BCUT2D eigenvalue weighted by Crippen LogP contribution is -2.33. The van der Waals surface area contributed by atoms with E-state index in [-0.39, 0.29) is 0 Å². The van der Waals surface area contributed by atoms with Crippen molar-refractivity contribution in [3.63, 3.8) is 0 Å². The highest BCUT2D eigenvalue weighted by Gasteiger charge is 2.18. The molecule has 0 aliphatic carbocycles. The van der Waals surface area contributed by atoms with Crippen LogP contribution in [0.1, 0.15) is 52.0 Å². The lowest BCUT2D eigenvalue weighted by Gasteiger charge is -2.24. The van der Waals surface area contributed by atoms with E-state index in [1.165, 1.54) is 5.56 Å². The van der Waals surface area contributed by atoms with Gasteiger partial charge in [0.1, 0.15) is 0 Å². The van der Waals surface area contributed by atoms with Crippen molar-refractivity contribution in [1.29, 1.82) is 0 Å². The monoisotopic (exact) mass is 312 g/mol. The molecule has 0 saturated carbocycles. The molecule has 1 aromatic rings. The van der Waals surface area contributed by atoms with Crippen LogP contribution in [0.25, 0.3) is 0 Å². The largest absolute Gasteiger partial charge is 0.313 e. The molecule has 0 radical (unpaired) electrons. The predicted octanol–water partition coefficient (Wildman–Crippen LogP) is 2.87. The van der Waals surface area contributed by atoms with Gasteiger partial charge in [-0.05, 0) is 43.0 Å². The molecule has 0 aromatic heterocycles. The number of hydrogen-bond donors (Lipinski definition) is 2. The molecule has 1 aromatic carbocycles. The maximum Gasteiger partial charge on any atom is 0.240 e. The molecule has 0 aliphatic heterocycles. The third kappa shape index (κ3) is 5.09. The van der Waals surface area contributed by atoms with E-state index in [0.717, 1.165) is 19.4 Å². The third-order valence-corrected chi connectivity index (χ3v) is 5.31.